The molecule has 7 atom stereocenters. The first kappa shape index (κ1) is 27.6. The van der Waals surface area contributed by atoms with Crippen LogP contribution in [0.5, 0.6) is 11.5 Å². The highest BCUT2D eigenvalue weighted by Gasteiger charge is 2.67. The number of carbonyl (C=O) groups excluding carboxylic acids is 3. The van der Waals surface area contributed by atoms with Gasteiger partial charge in [-0.25, -0.2) is 0 Å². The van der Waals surface area contributed by atoms with Crippen LogP contribution in [0.3, 0.4) is 0 Å². The van der Waals surface area contributed by atoms with Gasteiger partial charge in [0.25, 0.3) is 0 Å². The summed E-state index contributed by atoms with van der Waals surface area (Å²) in [4.78, 5) is 42.9. The van der Waals surface area contributed by atoms with E-state index in [-0.39, 0.29) is 53.2 Å². The SMILES string of the molecule is CCC(C)(C)c1ccc(Oc2ccc(NC(=O)C(Cc3ccccc3)N3C(=O)C4C5C=CC(C6CC56)C4C3=O)cc2)cc1. The molecule has 8 rings (SSSR count). The number of ether oxygens (including phenoxy) is 1. The molecule has 5 aliphatic rings. The number of likely N-dealkylation sites (tertiary alicyclic amines) is 1. The number of nitrogens with zero attached hydrogens (tertiary/aromatic N) is 1. The molecule has 4 aliphatic carbocycles. The van der Waals surface area contributed by atoms with Crippen LogP contribution in [0.25, 0.3) is 0 Å². The quantitative estimate of drug-likeness (QED) is 0.226. The summed E-state index contributed by atoms with van der Waals surface area (Å²) < 4.78 is 6.05. The van der Waals surface area contributed by atoms with Crippen molar-refractivity contribution in [3.05, 3.63) is 102 Å². The van der Waals surface area contributed by atoms with Crippen LogP contribution < -0.4 is 10.1 Å². The van der Waals surface area contributed by atoms with E-state index in [1.807, 2.05) is 54.6 Å². The Balaban J connectivity index is 1.08. The average Bonchev–Trinajstić information content (AvgIpc) is 3.81. The first-order valence-electron chi connectivity index (χ1n) is 15.5. The minimum Gasteiger partial charge on any atom is -0.457 e. The van der Waals surface area contributed by atoms with Gasteiger partial charge in [0, 0.05) is 12.1 Å². The van der Waals surface area contributed by atoms with Crippen molar-refractivity contribution in [2.75, 3.05) is 5.32 Å². The number of allylic oxidation sites excluding steroid dienone is 2. The number of anilines is 1. The molecular formula is C37H38N2O4. The summed E-state index contributed by atoms with van der Waals surface area (Å²) in [6, 6.07) is 24.0. The molecule has 43 heavy (non-hydrogen) atoms. The molecule has 1 aliphatic heterocycles. The predicted octanol–water partition coefficient (Wildman–Crippen LogP) is 6.77. The number of carbonyl (C=O) groups is 3. The van der Waals surface area contributed by atoms with Crippen molar-refractivity contribution >= 4 is 23.4 Å². The lowest BCUT2D eigenvalue weighted by molar-refractivity contribution is -0.146. The minimum absolute atomic E-state index is 0.107. The topological polar surface area (TPSA) is 75.7 Å². The second-order valence-electron chi connectivity index (χ2n) is 13.3. The first-order chi connectivity index (χ1) is 20.7. The van der Waals surface area contributed by atoms with E-state index < -0.39 is 6.04 Å². The van der Waals surface area contributed by atoms with E-state index in [1.165, 1.54) is 10.5 Å². The normalized spacial score (nSPS) is 27.5. The lowest BCUT2D eigenvalue weighted by atomic mass is 9.63. The van der Waals surface area contributed by atoms with E-state index in [0.717, 1.165) is 24.2 Å². The smallest absolute Gasteiger partial charge is 0.248 e. The van der Waals surface area contributed by atoms with Gasteiger partial charge in [-0.1, -0.05) is 75.4 Å². The Morgan fingerprint density at radius 3 is 1.98 bits per heavy atom. The van der Waals surface area contributed by atoms with E-state index in [2.05, 4.69) is 50.4 Å². The number of amides is 3. The Morgan fingerprint density at radius 1 is 0.860 bits per heavy atom. The van der Waals surface area contributed by atoms with Crippen molar-refractivity contribution in [3.63, 3.8) is 0 Å². The maximum Gasteiger partial charge on any atom is 0.248 e. The van der Waals surface area contributed by atoms with Gasteiger partial charge in [-0.15, -0.1) is 0 Å². The molecule has 2 saturated carbocycles. The maximum atomic E-state index is 13.9. The van der Waals surface area contributed by atoms with Crippen LogP contribution in [0.1, 0.15) is 44.7 Å². The molecule has 6 heteroatoms. The summed E-state index contributed by atoms with van der Waals surface area (Å²) in [7, 11) is 0. The van der Waals surface area contributed by atoms with Crippen molar-refractivity contribution in [2.24, 2.45) is 35.5 Å². The highest BCUT2D eigenvalue weighted by Crippen LogP contribution is 2.65. The predicted molar refractivity (Wildman–Crippen MR) is 165 cm³/mol. The molecule has 0 radical (unpaired) electrons. The molecule has 3 aromatic rings. The Labute approximate surface area is 253 Å². The highest BCUT2D eigenvalue weighted by molar-refractivity contribution is 6.10. The van der Waals surface area contributed by atoms with Gasteiger partial charge in [-0.2, -0.15) is 0 Å². The first-order valence-corrected chi connectivity index (χ1v) is 15.5. The number of rotatable bonds is 9. The van der Waals surface area contributed by atoms with Crippen LogP contribution in [-0.2, 0) is 26.2 Å². The lowest BCUT2D eigenvalue weighted by Gasteiger charge is -2.37. The molecular weight excluding hydrogens is 536 g/mol. The Kier molecular flexibility index (Phi) is 6.76. The summed E-state index contributed by atoms with van der Waals surface area (Å²) in [5.41, 5.74) is 2.85. The monoisotopic (exact) mass is 574 g/mol. The van der Waals surface area contributed by atoms with Gasteiger partial charge in [-0.05, 0) is 89.5 Å². The zero-order valence-corrected chi connectivity index (χ0v) is 24.9. The third-order valence-corrected chi connectivity index (χ3v) is 10.5. The largest absolute Gasteiger partial charge is 0.457 e. The van der Waals surface area contributed by atoms with Crippen molar-refractivity contribution < 1.29 is 19.1 Å². The van der Waals surface area contributed by atoms with Crippen molar-refractivity contribution in [1.29, 1.82) is 0 Å². The fraction of sp³-hybridized carbons (Fsp3) is 0.378. The van der Waals surface area contributed by atoms with Gasteiger partial charge in [-0.3, -0.25) is 19.3 Å². The fourth-order valence-corrected chi connectivity index (χ4v) is 7.57. The van der Waals surface area contributed by atoms with Crippen LogP contribution in [0.15, 0.2) is 91.0 Å². The van der Waals surface area contributed by atoms with Gasteiger partial charge in [0.15, 0.2) is 0 Å². The standard InChI is InChI=1S/C37H38N2O4/c1-4-37(2,3)23-10-14-25(15-11-23)43-26-16-12-24(13-17-26)38-34(40)31(20-22-8-6-5-7-9-22)39-35(41)32-27-18-19-28(30-21-29(27)30)33(32)36(39)42/h5-19,27-33H,4,20-21H2,1-3H3,(H,38,40). The lowest BCUT2D eigenvalue weighted by Crippen LogP contribution is -2.49. The fourth-order valence-electron chi connectivity index (χ4n) is 7.57. The number of imide groups is 1. The molecule has 6 nitrogen and oxygen atoms in total. The minimum atomic E-state index is -0.925. The summed E-state index contributed by atoms with van der Waals surface area (Å²) in [6.07, 6.45) is 6.74. The van der Waals surface area contributed by atoms with E-state index in [1.54, 1.807) is 12.1 Å². The van der Waals surface area contributed by atoms with Crippen LogP contribution in [0.4, 0.5) is 5.69 Å². The zero-order valence-electron chi connectivity index (χ0n) is 24.9. The molecule has 2 bridgehead atoms. The van der Waals surface area contributed by atoms with Gasteiger partial charge < -0.3 is 10.1 Å². The van der Waals surface area contributed by atoms with Crippen molar-refractivity contribution in [2.45, 2.75) is 51.5 Å². The van der Waals surface area contributed by atoms with Crippen molar-refractivity contribution in [3.8, 4) is 11.5 Å². The third-order valence-electron chi connectivity index (χ3n) is 10.5. The number of hydrogen-bond acceptors (Lipinski definition) is 4. The molecule has 3 amide bonds. The molecule has 7 unspecified atom stereocenters. The molecule has 1 saturated heterocycles. The van der Waals surface area contributed by atoms with Gasteiger partial charge in [0.05, 0.1) is 11.8 Å². The van der Waals surface area contributed by atoms with Gasteiger partial charge >= 0.3 is 0 Å². The van der Waals surface area contributed by atoms with Crippen LogP contribution in [-0.4, -0.2) is 28.7 Å². The molecule has 3 fully saturated rings. The number of benzene rings is 3. The average molecular weight is 575 g/mol. The molecule has 3 aromatic carbocycles. The maximum absolute atomic E-state index is 13.9. The van der Waals surface area contributed by atoms with Crippen molar-refractivity contribution in [1.82, 2.24) is 4.90 Å². The molecule has 0 aromatic heterocycles. The van der Waals surface area contributed by atoms with E-state index >= 15 is 0 Å². The zero-order chi connectivity index (χ0) is 29.9. The van der Waals surface area contributed by atoms with Crippen LogP contribution >= 0.6 is 0 Å². The summed E-state index contributed by atoms with van der Waals surface area (Å²) in [5, 5.41) is 2.98. The Morgan fingerprint density at radius 2 is 1.42 bits per heavy atom. The number of nitrogens with one attached hydrogen (secondary N) is 1. The highest BCUT2D eigenvalue weighted by atomic mass is 16.5. The second kappa shape index (κ2) is 10.5. The van der Waals surface area contributed by atoms with E-state index in [4.69, 9.17) is 4.74 Å². The molecule has 1 heterocycles. The van der Waals surface area contributed by atoms with Gasteiger partial charge in [0.1, 0.15) is 17.5 Å². The molecule has 220 valence electrons. The van der Waals surface area contributed by atoms with E-state index in [9.17, 15) is 14.4 Å². The number of hydrogen-bond donors (Lipinski definition) is 1. The summed E-state index contributed by atoms with van der Waals surface area (Å²) in [6.45, 7) is 6.64. The Bertz CT molecular complexity index is 1540. The van der Waals surface area contributed by atoms with Crippen LogP contribution in [0, 0.1) is 35.5 Å². The summed E-state index contributed by atoms with van der Waals surface area (Å²) in [5.74, 6) is 1.23. The van der Waals surface area contributed by atoms with E-state index in [0.29, 0.717) is 23.3 Å². The second-order valence-corrected chi connectivity index (χ2v) is 13.3. The van der Waals surface area contributed by atoms with Gasteiger partial charge in [0.2, 0.25) is 17.7 Å². The molecule has 1 N–H and O–H groups in total. The molecule has 0 spiro atoms. The summed E-state index contributed by atoms with van der Waals surface area (Å²) >= 11 is 0. The third kappa shape index (κ3) is 4.87. The van der Waals surface area contributed by atoms with Crippen LogP contribution in [0.2, 0.25) is 0 Å². The Hall–Kier alpha value is -4.19.